The molecule has 2 amide bonds. The van der Waals surface area contributed by atoms with Crippen molar-refractivity contribution in [2.24, 2.45) is 11.3 Å². The third kappa shape index (κ3) is 7.61. The third-order valence-corrected chi connectivity index (χ3v) is 4.77. The summed E-state index contributed by atoms with van der Waals surface area (Å²) < 4.78 is 27.1. The van der Waals surface area contributed by atoms with E-state index in [0.29, 0.717) is 19.6 Å². The number of hydrogen-bond acceptors (Lipinski definition) is 5. The Morgan fingerprint density at radius 1 is 1.25 bits per heavy atom. The number of rotatable bonds is 7. The molecule has 1 aliphatic rings. The molecule has 0 spiro atoms. The zero-order chi connectivity index (χ0) is 18.4. The summed E-state index contributed by atoms with van der Waals surface area (Å²) in [5.41, 5.74) is -0.439. The summed E-state index contributed by atoms with van der Waals surface area (Å²) in [4.78, 5) is 26.3. The number of amides is 2. The molecule has 1 heterocycles. The van der Waals surface area contributed by atoms with Crippen molar-refractivity contribution in [1.29, 1.82) is 0 Å². The van der Waals surface area contributed by atoms with Gasteiger partial charge in [0.2, 0.25) is 11.8 Å². The van der Waals surface area contributed by atoms with E-state index >= 15 is 0 Å². The van der Waals surface area contributed by atoms with Crippen molar-refractivity contribution in [2.75, 3.05) is 44.9 Å². The lowest BCUT2D eigenvalue weighted by molar-refractivity contribution is -0.142. The van der Waals surface area contributed by atoms with Crippen LogP contribution in [0.5, 0.6) is 0 Å². The Hall–Kier alpha value is -1.15. The highest BCUT2D eigenvalue weighted by atomic mass is 32.2. The second kappa shape index (κ2) is 8.80. The second-order valence-electron chi connectivity index (χ2n) is 7.37. The van der Waals surface area contributed by atoms with E-state index in [-0.39, 0.29) is 36.7 Å². The maximum absolute atomic E-state index is 12.3. The minimum atomic E-state index is -3.02. The van der Waals surface area contributed by atoms with E-state index in [2.05, 4.69) is 5.32 Å². The number of sulfone groups is 1. The minimum Gasteiger partial charge on any atom is -0.379 e. The monoisotopic (exact) mass is 362 g/mol. The highest BCUT2D eigenvalue weighted by molar-refractivity contribution is 7.90. The summed E-state index contributed by atoms with van der Waals surface area (Å²) in [6.45, 7) is 7.55. The summed E-state index contributed by atoms with van der Waals surface area (Å²) in [5.74, 6) is -0.216. The van der Waals surface area contributed by atoms with E-state index in [1.165, 1.54) is 0 Å². The van der Waals surface area contributed by atoms with Crippen LogP contribution in [-0.2, 0) is 24.2 Å². The average Bonchev–Trinajstić information content (AvgIpc) is 2.48. The van der Waals surface area contributed by atoms with E-state index in [1.54, 1.807) is 4.90 Å². The number of hydrogen-bond donors (Lipinski definition) is 1. The molecule has 0 aliphatic carbocycles. The fraction of sp³-hybridized carbons (Fsp3) is 0.875. The highest BCUT2D eigenvalue weighted by Gasteiger charge is 2.33. The standard InChI is InChI=1S/C16H30N2O5S/c1-16(2,3)15(20)18-8-5-6-13(12-18)14(19)17-7-9-23-10-11-24(4,21)22/h13H,5-12H2,1-4H3,(H,17,19). The number of piperidine rings is 1. The quantitative estimate of drug-likeness (QED) is 0.664. The molecule has 0 saturated carbocycles. The zero-order valence-electron chi connectivity index (χ0n) is 15.1. The summed E-state index contributed by atoms with van der Waals surface area (Å²) in [5, 5.41) is 2.80. The van der Waals surface area contributed by atoms with Crippen molar-refractivity contribution in [3.63, 3.8) is 0 Å². The largest absolute Gasteiger partial charge is 0.379 e. The SMILES string of the molecule is CC(C)(C)C(=O)N1CCCC(C(=O)NCCOCCS(C)(=O)=O)C1. The van der Waals surface area contributed by atoms with Gasteiger partial charge in [-0.15, -0.1) is 0 Å². The number of carbonyl (C=O) groups excluding carboxylic acids is 2. The van der Waals surface area contributed by atoms with Crippen LogP contribution >= 0.6 is 0 Å². The van der Waals surface area contributed by atoms with Gasteiger partial charge in [-0.05, 0) is 12.8 Å². The van der Waals surface area contributed by atoms with Crippen LogP contribution in [0.4, 0.5) is 0 Å². The number of nitrogens with zero attached hydrogens (tertiary/aromatic N) is 1. The maximum Gasteiger partial charge on any atom is 0.227 e. The molecule has 0 aromatic rings. The Morgan fingerprint density at radius 3 is 2.50 bits per heavy atom. The first-order valence-corrected chi connectivity index (χ1v) is 10.4. The molecule has 7 nitrogen and oxygen atoms in total. The summed E-state index contributed by atoms with van der Waals surface area (Å²) in [6.07, 6.45) is 2.76. The van der Waals surface area contributed by atoms with Crippen molar-refractivity contribution < 1.29 is 22.7 Å². The third-order valence-electron chi connectivity index (χ3n) is 3.87. The smallest absolute Gasteiger partial charge is 0.227 e. The van der Waals surface area contributed by atoms with Gasteiger partial charge in [0.15, 0.2) is 0 Å². The van der Waals surface area contributed by atoms with Gasteiger partial charge in [-0.1, -0.05) is 20.8 Å². The van der Waals surface area contributed by atoms with Gasteiger partial charge in [-0.3, -0.25) is 9.59 Å². The van der Waals surface area contributed by atoms with E-state index in [1.807, 2.05) is 20.8 Å². The Morgan fingerprint density at radius 2 is 1.92 bits per heavy atom. The molecular weight excluding hydrogens is 332 g/mol. The number of carbonyl (C=O) groups is 2. The molecule has 1 unspecified atom stereocenters. The molecule has 0 radical (unpaired) electrons. The molecule has 1 rings (SSSR count). The van der Waals surface area contributed by atoms with Crippen molar-refractivity contribution >= 4 is 21.7 Å². The molecule has 0 aromatic carbocycles. The van der Waals surface area contributed by atoms with Crippen molar-refractivity contribution in [3.8, 4) is 0 Å². The van der Waals surface area contributed by atoms with Crippen molar-refractivity contribution in [2.45, 2.75) is 33.6 Å². The predicted octanol–water partition coefficient (Wildman–Crippen LogP) is 0.449. The van der Waals surface area contributed by atoms with Crippen LogP contribution in [0.1, 0.15) is 33.6 Å². The maximum atomic E-state index is 12.3. The van der Waals surface area contributed by atoms with Gasteiger partial charge in [-0.2, -0.15) is 0 Å². The van der Waals surface area contributed by atoms with Crippen LogP contribution in [0.25, 0.3) is 0 Å². The topological polar surface area (TPSA) is 92.8 Å². The van der Waals surface area contributed by atoms with E-state index in [0.717, 1.165) is 19.1 Å². The fourth-order valence-electron chi connectivity index (χ4n) is 2.55. The van der Waals surface area contributed by atoms with Crippen LogP contribution in [0.3, 0.4) is 0 Å². The van der Waals surface area contributed by atoms with Gasteiger partial charge in [0.05, 0.1) is 24.9 Å². The number of likely N-dealkylation sites (tertiary alicyclic amines) is 1. The summed E-state index contributed by atoms with van der Waals surface area (Å²) >= 11 is 0. The van der Waals surface area contributed by atoms with Crippen LogP contribution in [0.2, 0.25) is 0 Å². The summed E-state index contributed by atoms with van der Waals surface area (Å²) in [6, 6.07) is 0. The van der Waals surface area contributed by atoms with Crippen LogP contribution in [-0.4, -0.2) is 70.0 Å². The average molecular weight is 362 g/mol. The molecule has 1 saturated heterocycles. The first-order valence-electron chi connectivity index (χ1n) is 8.33. The highest BCUT2D eigenvalue weighted by Crippen LogP contribution is 2.23. The Bertz CT molecular complexity index is 539. The second-order valence-corrected chi connectivity index (χ2v) is 9.63. The Balaban J connectivity index is 2.31. The lowest BCUT2D eigenvalue weighted by Gasteiger charge is -2.35. The Labute approximate surface area is 145 Å². The number of nitrogens with one attached hydrogen (secondary N) is 1. The molecule has 1 N–H and O–H groups in total. The number of ether oxygens (including phenoxy) is 1. The first kappa shape index (κ1) is 20.9. The molecule has 0 aromatic heterocycles. The van der Waals surface area contributed by atoms with Gasteiger partial charge in [-0.25, -0.2) is 8.42 Å². The minimum absolute atomic E-state index is 0.0204. The lowest BCUT2D eigenvalue weighted by Crippen LogP contribution is -2.49. The molecule has 8 heteroatoms. The van der Waals surface area contributed by atoms with E-state index in [4.69, 9.17) is 4.74 Å². The molecule has 1 fully saturated rings. The van der Waals surface area contributed by atoms with E-state index < -0.39 is 15.3 Å². The van der Waals surface area contributed by atoms with E-state index in [9.17, 15) is 18.0 Å². The molecule has 140 valence electrons. The van der Waals surface area contributed by atoms with Crippen LogP contribution < -0.4 is 5.32 Å². The zero-order valence-corrected chi connectivity index (χ0v) is 15.9. The van der Waals surface area contributed by atoms with Gasteiger partial charge < -0.3 is 15.0 Å². The van der Waals surface area contributed by atoms with Gasteiger partial charge in [0.1, 0.15) is 9.84 Å². The molecular formula is C16H30N2O5S. The predicted molar refractivity (Wildman–Crippen MR) is 92.3 cm³/mol. The molecule has 24 heavy (non-hydrogen) atoms. The fourth-order valence-corrected chi connectivity index (χ4v) is 2.97. The Kier molecular flexibility index (Phi) is 7.66. The van der Waals surface area contributed by atoms with Gasteiger partial charge >= 0.3 is 0 Å². The van der Waals surface area contributed by atoms with Crippen LogP contribution in [0.15, 0.2) is 0 Å². The van der Waals surface area contributed by atoms with Gasteiger partial charge in [0, 0.05) is 31.3 Å². The molecule has 0 bridgehead atoms. The lowest BCUT2D eigenvalue weighted by atomic mass is 9.91. The summed E-state index contributed by atoms with van der Waals surface area (Å²) in [7, 11) is -3.02. The van der Waals surface area contributed by atoms with Crippen LogP contribution in [0, 0.1) is 11.3 Å². The normalized spacial score (nSPS) is 19.2. The molecule has 1 aliphatic heterocycles. The molecule has 1 atom stereocenters. The first-order chi connectivity index (χ1) is 11.0. The van der Waals surface area contributed by atoms with Gasteiger partial charge in [0.25, 0.3) is 0 Å². The van der Waals surface area contributed by atoms with Crippen molar-refractivity contribution in [1.82, 2.24) is 10.2 Å². The van der Waals surface area contributed by atoms with Crippen molar-refractivity contribution in [3.05, 3.63) is 0 Å².